The first-order valence-electron chi connectivity index (χ1n) is 7.19. The Labute approximate surface area is 133 Å². The number of Topliss-reactive ketones (excluding diaryl/α,β-unsaturated/α-hetero) is 1. The molecule has 0 aliphatic rings. The second kappa shape index (κ2) is 6.94. The molecule has 0 aliphatic carbocycles. The van der Waals surface area contributed by atoms with E-state index >= 15 is 0 Å². The van der Waals surface area contributed by atoms with Gasteiger partial charge in [-0.3, -0.25) is 4.79 Å². The Kier molecular flexibility index (Phi) is 4.99. The summed E-state index contributed by atoms with van der Waals surface area (Å²) in [5.41, 5.74) is 5.47. The number of hydrogen-bond donors (Lipinski definition) is 0. The molecule has 0 N–H and O–H groups in total. The van der Waals surface area contributed by atoms with E-state index in [-0.39, 0.29) is 5.78 Å². The molecule has 2 heteroatoms. The Balaban J connectivity index is 2.31. The van der Waals surface area contributed by atoms with Crippen LogP contribution in [0.15, 0.2) is 54.6 Å². The fourth-order valence-electron chi connectivity index (χ4n) is 1.76. The largest absolute Gasteiger partial charge is 0.279 e. The van der Waals surface area contributed by atoms with E-state index in [1.165, 1.54) is 0 Å². The Hall–Kier alpha value is -2.55. The fourth-order valence-corrected chi connectivity index (χ4v) is 2.27. The van der Waals surface area contributed by atoms with Gasteiger partial charge in [0.2, 0.25) is 5.78 Å². The van der Waals surface area contributed by atoms with E-state index in [0.717, 1.165) is 11.1 Å². The average Bonchev–Trinajstić information content (AvgIpc) is 2.51. The minimum atomic E-state index is -1.48. The van der Waals surface area contributed by atoms with Crippen molar-refractivity contribution < 1.29 is 4.79 Å². The van der Waals surface area contributed by atoms with Crippen molar-refractivity contribution in [2.45, 2.75) is 19.6 Å². The van der Waals surface area contributed by atoms with Crippen LogP contribution in [-0.2, 0) is 0 Å². The summed E-state index contributed by atoms with van der Waals surface area (Å²) in [7, 11) is -1.48. The molecule has 22 heavy (non-hydrogen) atoms. The molecular formula is C20H18OSi. The summed E-state index contributed by atoms with van der Waals surface area (Å²) in [6.45, 7) is 6.54. The zero-order chi connectivity index (χ0) is 16.0. The molecule has 108 valence electrons. The predicted molar refractivity (Wildman–Crippen MR) is 94.3 cm³/mol. The van der Waals surface area contributed by atoms with E-state index in [4.69, 9.17) is 0 Å². The fraction of sp³-hybridized carbons (Fsp3) is 0.150. The lowest BCUT2D eigenvalue weighted by Gasteiger charge is -2.04. The third-order valence-electron chi connectivity index (χ3n) is 2.84. The number of carbonyl (C=O) groups excluding carboxylic acids is 1. The normalized spacial score (nSPS) is 9.95. The van der Waals surface area contributed by atoms with Crippen molar-refractivity contribution in [3.05, 3.63) is 71.3 Å². The minimum Gasteiger partial charge on any atom is -0.279 e. The van der Waals surface area contributed by atoms with E-state index in [9.17, 15) is 4.79 Å². The zero-order valence-electron chi connectivity index (χ0n) is 13.1. The highest BCUT2D eigenvalue weighted by Crippen LogP contribution is 2.09. The molecule has 0 aliphatic heterocycles. The zero-order valence-corrected chi connectivity index (χ0v) is 14.1. The Bertz CT molecular complexity index is 791. The molecule has 0 amide bonds. The van der Waals surface area contributed by atoms with Crippen LogP contribution in [-0.4, -0.2) is 13.9 Å². The summed E-state index contributed by atoms with van der Waals surface area (Å²) < 4.78 is 0. The Morgan fingerprint density at radius 2 is 1.50 bits per heavy atom. The van der Waals surface area contributed by atoms with E-state index in [1.54, 1.807) is 6.07 Å². The van der Waals surface area contributed by atoms with Gasteiger partial charge in [0, 0.05) is 16.7 Å². The lowest BCUT2D eigenvalue weighted by Crippen LogP contribution is -2.16. The maximum absolute atomic E-state index is 12.3. The standard InChI is InChI=1S/C20H18OSi/c1-22(2,3)16-15-18-11-7-8-12-19(18)20(21)14-13-17-9-5-4-6-10-17/h4-12H,1-3H3. The first-order valence-corrected chi connectivity index (χ1v) is 10.7. The van der Waals surface area contributed by atoms with E-state index in [2.05, 4.69) is 42.9 Å². The third kappa shape index (κ3) is 4.77. The van der Waals surface area contributed by atoms with Crippen molar-refractivity contribution in [1.82, 2.24) is 0 Å². The molecule has 2 rings (SSSR count). The number of carbonyl (C=O) groups is 1. The summed E-state index contributed by atoms with van der Waals surface area (Å²) >= 11 is 0. The number of benzene rings is 2. The molecule has 0 spiro atoms. The Morgan fingerprint density at radius 1 is 0.864 bits per heavy atom. The molecular weight excluding hydrogens is 284 g/mol. The highest BCUT2D eigenvalue weighted by Gasteiger charge is 2.10. The number of rotatable bonds is 1. The van der Waals surface area contributed by atoms with Gasteiger partial charge in [0.15, 0.2) is 0 Å². The van der Waals surface area contributed by atoms with Crippen molar-refractivity contribution in [1.29, 1.82) is 0 Å². The van der Waals surface area contributed by atoms with Crippen LogP contribution in [0.1, 0.15) is 21.5 Å². The molecule has 0 radical (unpaired) electrons. The number of ketones is 1. The van der Waals surface area contributed by atoms with Gasteiger partial charge in [-0.15, -0.1) is 5.54 Å². The van der Waals surface area contributed by atoms with Crippen molar-refractivity contribution in [2.75, 3.05) is 0 Å². The number of hydrogen-bond acceptors (Lipinski definition) is 1. The van der Waals surface area contributed by atoms with Crippen molar-refractivity contribution >= 4 is 13.9 Å². The highest BCUT2D eigenvalue weighted by molar-refractivity contribution is 6.83. The lowest BCUT2D eigenvalue weighted by molar-refractivity contribution is 0.105. The molecule has 2 aromatic rings. The molecule has 0 saturated carbocycles. The lowest BCUT2D eigenvalue weighted by atomic mass is 10.0. The van der Waals surface area contributed by atoms with Gasteiger partial charge in [-0.1, -0.05) is 61.8 Å². The maximum atomic E-state index is 12.3. The van der Waals surface area contributed by atoms with Gasteiger partial charge in [0.1, 0.15) is 8.07 Å². The summed E-state index contributed by atoms with van der Waals surface area (Å²) in [5.74, 6) is 8.58. The van der Waals surface area contributed by atoms with Gasteiger partial charge in [-0.25, -0.2) is 0 Å². The minimum absolute atomic E-state index is 0.190. The highest BCUT2D eigenvalue weighted by atomic mass is 28.3. The smallest absolute Gasteiger partial charge is 0.237 e. The van der Waals surface area contributed by atoms with Crippen molar-refractivity contribution in [2.24, 2.45) is 0 Å². The van der Waals surface area contributed by atoms with Crippen molar-refractivity contribution in [3.8, 4) is 23.3 Å². The van der Waals surface area contributed by atoms with E-state index < -0.39 is 8.07 Å². The summed E-state index contributed by atoms with van der Waals surface area (Å²) in [6.07, 6.45) is 0. The quantitative estimate of drug-likeness (QED) is 0.439. The molecule has 0 heterocycles. The van der Waals surface area contributed by atoms with Crippen LogP contribution in [0.25, 0.3) is 0 Å². The summed E-state index contributed by atoms with van der Waals surface area (Å²) in [5, 5.41) is 0. The van der Waals surface area contributed by atoms with Gasteiger partial charge < -0.3 is 0 Å². The van der Waals surface area contributed by atoms with Gasteiger partial charge in [-0.05, 0) is 30.2 Å². The molecule has 0 unspecified atom stereocenters. The van der Waals surface area contributed by atoms with Gasteiger partial charge in [0.25, 0.3) is 0 Å². The van der Waals surface area contributed by atoms with Crippen LogP contribution in [0.5, 0.6) is 0 Å². The third-order valence-corrected chi connectivity index (χ3v) is 3.71. The van der Waals surface area contributed by atoms with Crippen LogP contribution in [0.3, 0.4) is 0 Å². The monoisotopic (exact) mass is 302 g/mol. The van der Waals surface area contributed by atoms with Gasteiger partial charge >= 0.3 is 0 Å². The van der Waals surface area contributed by atoms with Gasteiger partial charge in [-0.2, -0.15) is 0 Å². The molecule has 2 aromatic carbocycles. The van der Waals surface area contributed by atoms with Gasteiger partial charge in [0.05, 0.1) is 0 Å². The molecule has 0 saturated heterocycles. The summed E-state index contributed by atoms with van der Waals surface area (Å²) in [4.78, 5) is 12.3. The first-order chi connectivity index (χ1) is 10.5. The summed E-state index contributed by atoms with van der Waals surface area (Å²) in [6, 6.07) is 16.9. The second-order valence-electron chi connectivity index (χ2n) is 5.99. The predicted octanol–water partition coefficient (Wildman–Crippen LogP) is 4.15. The molecule has 0 aromatic heterocycles. The van der Waals surface area contributed by atoms with Crippen LogP contribution in [0, 0.1) is 23.3 Å². The second-order valence-corrected chi connectivity index (χ2v) is 10.7. The Morgan fingerprint density at radius 3 is 2.18 bits per heavy atom. The molecule has 0 bridgehead atoms. The van der Waals surface area contributed by atoms with Crippen LogP contribution in [0.4, 0.5) is 0 Å². The molecule has 0 fully saturated rings. The van der Waals surface area contributed by atoms with E-state index in [0.29, 0.717) is 5.56 Å². The van der Waals surface area contributed by atoms with Crippen LogP contribution < -0.4 is 0 Å². The maximum Gasteiger partial charge on any atom is 0.237 e. The average molecular weight is 302 g/mol. The molecule has 0 atom stereocenters. The van der Waals surface area contributed by atoms with Crippen molar-refractivity contribution in [3.63, 3.8) is 0 Å². The first kappa shape index (κ1) is 15.8. The van der Waals surface area contributed by atoms with E-state index in [1.807, 2.05) is 48.5 Å². The molecule has 1 nitrogen and oxygen atoms in total. The topological polar surface area (TPSA) is 17.1 Å². The van der Waals surface area contributed by atoms with Crippen LogP contribution >= 0.6 is 0 Å². The SMILES string of the molecule is C[Si](C)(C)C#Cc1ccccc1C(=O)C#Cc1ccccc1. The van der Waals surface area contributed by atoms with Crippen LogP contribution in [0.2, 0.25) is 19.6 Å².